The van der Waals surface area contributed by atoms with Gasteiger partial charge in [0.15, 0.2) is 11.5 Å². The second-order valence-electron chi connectivity index (χ2n) is 3.46. The van der Waals surface area contributed by atoms with Gasteiger partial charge in [-0.2, -0.15) is 0 Å². The number of phenolic OH excluding ortho intramolecular Hbond substituents is 1. The van der Waals surface area contributed by atoms with Crippen molar-refractivity contribution in [3.8, 4) is 11.5 Å². The summed E-state index contributed by atoms with van der Waals surface area (Å²) in [7, 11) is 1.48. The molecule has 92 valence electrons. The largest absolute Gasteiger partial charge is 0.504 e. The lowest BCUT2D eigenvalue weighted by Gasteiger charge is -2.03. The Kier molecular flexibility index (Phi) is 5.00. The van der Waals surface area contributed by atoms with Gasteiger partial charge in [-0.3, -0.25) is 9.79 Å². The van der Waals surface area contributed by atoms with E-state index in [-0.39, 0.29) is 12.2 Å². The van der Waals surface area contributed by atoms with Crippen molar-refractivity contribution in [2.75, 3.05) is 13.7 Å². The molecule has 0 aliphatic heterocycles. The van der Waals surface area contributed by atoms with E-state index in [1.165, 1.54) is 13.2 Å². The minimum absolute atomic E-state index is 0.0792. The maximum Gasteiger partial charge on any atom is 0.303 e. The third-order valence-corrected chi connectivity index (χ3v) is 2.12. The molecule has 0 aliphatic rings. The highest BCUT2D eigenvalue weighted by Gasteiger charge is 2.00. The van der Waals surface area contributed by atoms with Crippen molar-refractivity contribution in [2.45, 2.75) is 12.8 Å². The Labute approximate surface area is 99.4 Å². The van der Waals surface area contributed by atoms with Gasteiger partial charge in [0.1, 0.15) is 0 Å². The molecule has 17 heavy (non-hydrogen) atoms. The molecular weight excluding hydrogens is 222 g/mol. The topological polar surface area (TPSA) is 79.1 Å². The summed E-state index contributed by atoms with van der Waals surface area (Å²) < 4.78 is 4.96. The zero-order chi connectivity index (χ0) is 12.7. The summed E-state index contributed by atoms with van der Waals surface area (Å²) in [6.07, 6.45) is 2.26. The Balaban J connectivity index is 2.50. The maximum atomic E-state index is 10.3. The quantitative estimate of drug-likeness (QED) is 0.582. The van der Waals surface area contributed by atoms with Gasteiger partial charge in [-0.05, 0) is 30.2 Å². The lowest BCUT2D eigenvalue weighted by molar-refractivity contribution is -0.137. The van der Waals surface area contributed by atoms with Gasteiger partial charge in [-0.1, -0.05) is 0 Å². The van der Waals surface area contributed by atoms with Crippen molar-refractivity contribution in [3.05, 3.63) is 23.8 Å². The highest BCUT2D eigenvalue weighted by Crippen LogP contribution is 2.25. The van der Waals surface area contributed by atoms with Crippen molar-refractivity contribution in [1.29, 1.82) is 0 Å². The van der Waals surface area contributed by atoms with Crippen LogP contribution in [0.1, 0.15) is 18.4 Å². The number of aromatic hydroxyl groups is 1. The second-order valence-corrected chi connectivity index (χ2v) is 3.46. The fourth-order valence-corrected chi connectivity index (χ4v) is 1.27. The van der Waals surface area contributed by atoms with Gasteiger partial charge in [0.25, 0.3) is 0 Å². The van der Waals surface area contributed by atoms with E-state index < -0.39 is 5.97 Å². The molecule has 0 atom stereocenters. The molecule has 0 fully saturated rings. The number of aliphatic carboxylic acids is 1. The molecule has 0 radical (unpaired) electrons. The van der Waals surface area contributed by atoms with Crippen LogP contribution in [0.25, 0.3) is 0 Å². The average Bonchev–Trinajstić information content (AvgIpc) is 2.30. The Morgan fingerprint density at radius 1 is 1.53 bits per heavy atom. The van der Waals surface area contributed by atoms with E-state index in [1.54, 1.807) is 18.3 Å². The van der Waals surface area contributed by atoms with Crippen LogP contribution in [-0.2, 0) is 4.79 Å². The van der Waals surface area contributed by atoms with Crippen LogP contribution in [0.15, 0.2) is 23.2 Å². The molecule has 0 saturated heterocycles. The summed E-state index contributed by atoms with van der Waals surface area (Å²) in [5.41, 5.74) is 0.801. The van der Waals surface area contributed by atoms with Gasteiger partial charge in [-0.15, -0.1) is 0 Å². The number of nitrogens with zero attached hydrogens (tertiary/aromatic N) is 1. The van der Waals surface area contributed by atoms with Crippen LogP contribution in [0.2, 0.25) is 0 Å². The number of carbonyl (C=O) groups is 1. The normalized spacial score (nSPS) is 10.6. The summed E-state index contributed by atoms with van der Waals surface area (Å²) in [6.45, 7) is 0.468. The third-order valence-electron chi connectivity index (χ3n) is 2.12. The Morgan fingerprint density at radius 3 is 2.94 bits per heavy atom. The monoisotopic (exact) mass is 237 g/mol. The van der Waals surface area contributed by atoms with Gasteiger partial charge < -0.3 is 14.9 Å². The van der Waals surface area contributed by atoms with Crippen LogP contribution in [-0.4, -0.2) is 36.1 Å². The number of aliphatic imine (C=N–C) groups is 1. The summed E-state index contributed by atoms with van der Waals surface area (Å²) >= 11 is 0. The first-order valence-corrected chi connectivity index (χ1v) is 5.22. The number of benzene rings is 1. The number of methoxy groups -OCH3 is 1. The maximum absolute atomic E-state index is 10.3. The second kappa shape index (κ2) is 6.52. The molecule has 0 saturated carbocycles. The molecule has 0 aromatic heterocycles. The van der Waals surface area contributed by atoms with Crippen LogP contribution in [0.3, 0.4) is 0 Å². The number of hydrogen-bond acceptors (Lipinski definition) is 4. The number of carboxylic acid groups (broad SMARTS) is 1. The van der Waals surface area contributed by atoms with Crippen molar-refractivity contribution in [3.63, 3.8) is 0 Å². The van der Waals surface area contributed by atoms with Crippen LogP contribution >= 0.6 is 0 Å². The number of hydrogen-bond donors (Lipinski definition) is 2. The van der Waals surface area contributed by atoms with Crippen molar-refractivity contribution >= 4 is 12.2 Å². The molecule has 2 N–H and O–H groups in total. The van der Waals surface area contributed by atoms with Crippen LogP contribution < -0.4 is 4.74 Å². The first-order valence-electron chi connectivity index (χ1n) is 5.22. The Hall–Kier alpha value is -2.04. The van der Waals surface area contributed by atoms with Crippen LogP contribution in [0.5, 0.6) is 11.5 Å². The van der Waals surface area contributed by atoms with Crippen LogP contribution in [0, 0.1) is 0 Å². The molecule has 0 amide bonds. The zero-order valence-corrected chi connectivity index (χ0v) is 9.59. The predicted octanol–water partition coefficient (Wildman–Crippen LogP) is 1.68. The smallest absolute Gasteiger partial charge is 0.303 e. The average molecular weight is 237 g/mol. The summed E-state index contributed by atoms with van der Waals surface area (Å²) in [4.78, 5) is 14.4. The van der Waals surface area contributed by atoms with E-state index in [0.29, 0.717) is 18.7 Å². The lowest BCUT2D eigenvalue weighted by atomic mass is 10.2. The first-order chi connectivity index (χ1) is 8.13. The molecule has 0 spiro atoms. The van der Waals surface area contributed by atoms with E-state index in [1.807, 2.05) is 0 Å². The Morgan fingerprint density at radius 2 is 2.29 bits per heavy atom. The fraction of sp³-hybridized carbons (Fsp3) is 0.333. The van der Waals surface area contributed by atoms with Gasteiger partial charge in [0, 0.05) is 19.2 Å². The molecule has 0 aliphatic carbocycles. The lowest BCUT2D eigenvalue weighted by Crippen LogP contribution is -1.95. The Bertz CT molecular complexity index is 415. The summed E-state index contributed by atoms with van der Waals surface area (Å²) in [5.74, 6) is -0.346. The standard InChI is InChI=1S/C12H15NO4/c1-17-11-7-9(4-5-10(11)14)8-13-6-2-3-12(15)16/h4-5,7-8,14H,2-3,6H2,1H3,(H,15,16). The molecule has 5 heteroatoms. The molecule has 1 aromatic carbocycles. The van der Waals surface area contributed by atoms with Gasteiger partial charge in [0.2, 0.25) is 0 Å². The van der Waals surface area contributed by atoms with Crippen molar-refractivity contribution in [1.82, 2.24) is 0 Å². The fourth-order valence-electron chi connectivity index (χ4n) is 1.27. The van der Waals surface area contributed by atoms with Gasteiger partial charge in [0.05, 0.1) is 7.11 Å². The molecule has 0 heterocycles. The molecule has 1 rings (SSSR count). The summed E-state index contributed by atoms with van der Waals surface area (Å²) in [5, 5.41) is 17.8. The first kappa shape index (κ1) is 13.0. The number of ether oxygens (including phenoxy) is 1. The number of phenols is 1. The van der Waals surface area contributed by atoms with E-state index in [0.717, 1.165) is 5.56 Å². The minimum Gasteiger partial charge on any atom is -0.504 e. The molecule has 5 nitrogen and oxygen atoms in total. The van der Waals surface area contributed by atoms with Crippen LogP contribution in [0.4, 0.5) is 0 Å². The SMILES string of the molecule is COc1cc(C=NCCCC(=O)O)ccc1O. The van der Waals surface area contributed by atoms with E-state index in [4.69, 9.17) is 9.84 Å². The third kappa shape index (κ3) is 4.55. The summed E-state index contributed by atoms with van der Waals surface area (Å²) in [6, 6.07) is 4.89. The zero-order valence-electron chi connectivity index (χ0n) is 9.59. The van der Waals surface area contributed by atoms with Crippen molar-refractivity contribution < 1.29 is 19.7 Å². The molecule has 0 unspecified atom stereocenters. The van der Waals surface area contributed by atoms with E-state index in [9.17, 15) is 9.90 Å². The van der Waals surface area contributed by atoms with Gasteiger partial charge >= 0.3 is 5.97 Å². The molecule has 1 aromatic rings. The molecule has 0 bridgehead atoms. The highest BCUT2D eigenvalue weighted by atomic mass is 16.5. The minimum atomic E-state index is -0.813. The number of carboxylic acids is 1. The molecular formula is C12H15NO4. The van der Waals surface area contributed by atoms with Crippen molar-refractivity contribution in [2.24, 2.45) is 4.99 Å². The highest BCUT2D eigenvalue weighted by molar-refractivity contribution is 5.80. The van der Waals surface area contributed by atoms with E-state index in [2.05, 4.69) is 4.99 Å². The van der Waals surface area contributed by atoms with Gasteiger partial charge in [-0.25, -0.2) is 0 Å². The predicted molar refractivity (Wildman–Crippen MR) is 64.0 cm³/mol. The van der Waals surface area contributed by atoms with E-state index >= 15 is 0 Å². The number of rotatable bonds is 6.